The number of benzene rings is 1. The van der Waals surface area contributed by atoms with Gasteiger partial charge in [-0.15, -0.1) is 0 Å². The molecule has 1 aromatic carbocycles. The maximum atomic E-state index is 13.9. The number of carbonyl (C=O) groups excluding carboxylic acids is 1. The molecule has 3 heterocycles. The third-order valence-corrected chi connectivity index (χ3v) is 8.05. The van der Waals surface area contributed by atoms with Crippen molar-refractivity contribution in [3.8, 4) is 5.75 Å². The summed E-state index contributed by atoms with van der Waals surface area (Å²) in [4.78, 5) is 20.6. The molecule has 1 aliphatic rings. The van der Waals surface area contributed by atoms with Crippen LogP contribution in [-0.4, -0.2) is 66.8 Å². The van der Waals surface area contributed by atoms with E-state index in [2.05, 4.69) is 15.1 Å². The van der Waals surface area contributed by atoms with Crippen molar-refractivity contribution in [2.75, 3.05) is 5.73 Å². The van der Waals surface area contributed by atoms with Crippen molar-refractivity contribution in [1.82, 2.24) is 19.6 Å². The summed E-state index contributed by atoms with van der Waals surface area (Å²) in [5.74, 6) is -0.182. The average molecular weight is 564 g/mol. The molecule has 0 bridgehead atoms. The first-order valence-electron chi connectivity index (χ1n) is 12.5. The number of hydrogen-bond acceptors (Lipinski definition) is 11. The van der Waals surface area contributed by atoms with E-state index in [0.717, 1.165) is 0 Å². The number of esters is 1. The summed E-state index contributed by atoms with van der Waals surface area (Å²) in [6, 6.07) is 8.89. The topological polar surface area (TPSA) is 180 Å². The molecule has 39 heavy (non-hydrogen) atoms. The second kappa shape index (κ2) is 11.2. The summed E-state index contributed by atoms with van der Waals surface area (Å²) in [5, 5.41) is 25.5. The number of anilines is 1. The van der Waals surface area contributed by atoms with Gasteiger partial charge in [-0.2, -0.15) is 5.09 Å². The number of nitrogen functional groups attached to an aromatic ring is 1. The summed E-state index contributed by atoms with van der Waals surface area (Å²) >= 11 is 0. The van der Waals surface area contributed by atoms with Crippen LogP contribution in [0.3, 0.4) is 0 Å². The van der Waals surface area contributed by atoms with Gasteiger partial charge in [0.05, 0.1) is 17.6 Å². The molecule has 0 spiro atoms. The van der Waals surface area contributed by atoms with Crippen LogP contribution in [0.15, 0.2) is 48.9 Å². The van der Waals surface area contributed by atoms with Gasteiger partial charge in [0.2, 0.25) is 0 Å². The minimum atomic E-state index is -4.26. The van der Waals surface area contributed by atoms with Crippen LogP contribution in [0.1, 0.15) is 40.8 Å². The van der Waals surface area contributed by atoms with Crippen LogP contribution in [-0.2, 0) is 23.4 Å². The van der Waals surface area contributed by atoms with E-state index in [1.54, 1.807) is 56.4 Å². The minimum Gasteiger partial charge on any atom is -0.462 e. The fraction of sp³-hybridized carbons (Fsp3) is 0.480. The minimum absolute atomic E-state index is 0.221. The molecule has 1 saturated heterocycles. The first kappa shape index (κ1) is 28.9. The van der Waals surface area contributed by atoms with E-state index in [0.29, 0.717) is 11.0 Å². The highest BCUT2D eigenvalue weighted by molar-refractivity contribution is 7.52. The van der Waals surface area contributed by atoms with Gasteiger partial charge in [-0.25, -0.2) is 14.5 Å². The molecule has 2 aromatic heterocycles. The summed E-state index contributed by atoms with van der Waals surface area (Å²) in [6.45, 7) is 7.78. The number of ether oxygens (including phenoxy) is 2. The van der Waals surface area contributed by atoms with Gasteiger partial charge in [0.1, 0.15) is 47.4 Å². The van der Waals surface area contributed by atoms with Gasteiger partial charge in [0, 0.05) is 6.20 Å². The highest BCUT2D eigenvalue weighted by Crippen LogP contribution is 2.49. The SMILES string of the molecule is CC(C)OC(=O)C(C)NP(=O)(Oc1ccccc1)OC(C)C1OC(n2ccc3c(N)ncnc32)C(C)(O)C1O. The zero-order valence-electron chi connectivity index (χ0n) is 22.3. The van der Waals surface area contributed by atoms with Gasteiger partial charge in [0.25, 0.3) is 0 Å². The normalized spacial score (nSPS) is 26.3. The Hall–Kier alpha value is -3.06. The van der Waals surface area contributed by atoms with Crippen molar-refractivity contribution in [1.29, 1.82) is 0 Å². The summed E-state index contributed by atoms with van der Waals surface area (Å²) < 4.78 is 38.3. The Labute approximate surface area is 225 Å². The number of nitrogens with two attached hydrogens (primary N) is 1. The van der Waals surface area contributed by atoms with Crippen LogP contribution < -0.4 is 15.3 Å². The Balaban J connectivity index is 1.59. The smallest absolute Gasteiger partial charge is 0.459 e. The number of nitrogens with zero attached hydrogens (tertiary/aromatic N) is 3. The molecule has 7 atom stereocenters. The zero-order valence-corrected chi connectivity index (χ0v) is 23.2. The molecule has 212 valence electrons. The van der Waals surface area contributed by atoms with Gasteiger partial charge >= 0.3 is 13.7 Å². The van der Waals surface area contributed by atoms with E-state index in [9.17, 15) is 19.6 Å². The van der Waals surface area contributed by atoms with E-state index in [1.165, 1.54) is 31.7 Å². The van der Waals surface area contributed by atoms with Crippen LogP contribution in [0.2, 0.25) is 0 Å². The van der Waals surface area contributed by atoms with Crippen molar-refractivity contribution in [2.24, 2.45) is 0 Å². The number of rotatable bonds is 10. The number of fused-ring (bicyclic) bond motifs is 1. The average Bonchev–Trinajstić information content (AvgIpc) is 3.38. The highest BCUT2D eigenvalue weighted by atomic mass is 31.2. The second-order valence-electron chi connectivity index (χ2n) is 9.89. The van der Waals surface area contributed by atoms with Gasteiger partial charge in [-0.3, -0.25) is 9.32 Å². The first-order chi connectivity index (χ1) is 18.3. The molecule has 13 nitrogen and oxygen atoms in total. The van der Waals surface area contributed by atoms with Crippen LogP contribution in [0.4, 0.5) is 5.82 Å². The molecule has 0 amide bonds. The Morgan fingerprint density at radius 1 is 1.21 bits per heavy atom. The number of hydrogen-bond donors (Lipinski definition) is 4. The third-order valence-electron chi connectivity index (χ3n) is 6.28. The Morgan fingerprint density at radius 3 is 2.56 bits per heavy atom. The zero-order chi connectivity index (χ0) is 28.5. The number of carbonyl (C=O) groups is 1. The van der Waals surface area contributed by atoms with Crippen LogP contribution in [0, 0.1) is 0 Å². The number of aliphatic hydroxyl groups is 2. The van der Waals surface area contributed by atoms with E-state index in [-0.39, 0.29) is 17.7 Å². The molecule has 1 aliphatic heterocycles. The molecule has 1 fully saturated rings. The van der Waals surface area contributed by atoms with E-state index in [1.807, 2.05) is 0 Å². The van der Waals surface area contributed by atoms with Crippen LogP contribution in [0.25, 0.3) is 11.0 Å². The standard InChI is InChI=1S/C25H34N5O8P/c1-14(2)35-23(32)15(3)29-39(34,38-17-9-7-6-8-10-17)37-16(4)19-20(31)25(5,33)24(36-19)30-12-11-18-21(26)27-13-28-22(18)30/h6-16,19-20,24,31,33H,1-5H3,(H,29,34)(H2,26,27,28). The predicted octanol–water partition coefficient (Wildman–Crippen LogP) is 2.54. The largest absolute Gasteiger partial charge is 0.462 e. The highest BCUT2D eigenvalue weighted by Gasteiger charge is 2.56. The molecule has 3 aromatic rings. The van der Waals surface area contributed by atoms with Crippen molar-refractivity contribution in [3.63, 3.8) is 0 Å². The number of nitrogens with one attached hydrogen (secondary N) is 1. The molecule has 0 saturated carbocycles. The quantitative estimate of drug-likeness (QED) is 0.209. The van der Waals surface area contributed by atoms with Crippen LogP contribution >= 0.6 is 7.75 Å². The predicted molar refractivity (Wildman–Crippen MR) is 142 cm³/mol. The van der Waals surface area contributed by atoms with Gasteiger partial charge in [-0.05, 0) is 52.8 Å². The van der Waals surface area contributed by atoms with Gasteiger partial charge < -0.3 is 34.5 Å². The lowest BCUT2D eigenvalue weighted by Gasteiger charge is -2.29. The Morgan fingerprint density at radius 2 is 1.90 bits per heavy atom. The Bertz CT molecular complexity index is 1350. The molecule has 0 aliphatic carbocycles. The Kier molecular flexibility index (Phi) is 8.31. The summed E-state index contributed by atoms with van der Waals surface area (Å²) in [5.41, 5.74) is 4.53. The number of aromatic nitrogens is 3. The van der Waals surface area contributed by atoms with Crippen molar-refractivity contribution >= 4 is 30.6 Å². The second-order valence-corrected chi connectivity index (χ2v) is 11.5. The molecule has 5 N–H and O–H groups in total. The third kappa shape index (κ3) is 6.08. The van der Waals surface area contributed by atoms with E-state index < -0.39 is 49.9 Å². The fourth-order valence-electron chi connectivity index (χ4n) is 4.34. The molecule has 7 unspecified atom stereocenters. The number of aliphatic hydroxyl groups excluding tert-OH is 1. The van der Waals surface area contributed by atoms with Crippen molar-refractivity contribution in [2.45, 2.75) is 76.9 Å². The van der Waals surface area contributed by atoms with Crippen molar-refractivity contribution < 1.29 is 38.1 Å². The van der Waals surface area contributed by atoms with Crippen molar-refractivity contribution in [3.05, 3.63) is 48.9 Å². The summed E-state index contributed by atoms with van der Waals surface area (Å²) in [7, 11) is -4.26. The summed E-state index contributed by atoms with van der Waals surface area (Å²) in [6.07, 6.45) is -2.31. The molecule has 14 heteroatoms. The fourth-order valence-corrected chi connectivity index (χ4v) is 6.03. The van der Waals surface area contributed by atoms with Gasteiger partial charge in [-0.1, -0.05) is 18.2 Å². The lowest BCUT2D eigenvalue weighted by molar-refractivity contribution is -0.149. The lowest BCUT2D eigenvalue weighted by atomic mass is 9.94. The molecular formula is C25H34N5O8P. The van der Waals surface area contributed by atoms with E-state index >= 15 is 0 Å². The molecule has 0 radical (unpaired) electrons. The monoisotopic (exact) mass is 563 g/mol. The van der Waals surface area contributed by atoms with E-state index in [4.69, 9.17) is 24.3 Å². The lowest BCUT2D eigenvalue weighted by Crippen LogP contribution is -2.46. The molecule has 4 rings (SSSR count). The van der Waals surface area contributed by atoms with Crippen LogP contribution in [0.5, 0.6) is 5.75 Å². The maximum Gasteiger partial charge on any atom is 0.459 e. The molecular weight excluding hydrogens is 529 g/mol. The maximum absolute atomic E-state index is 13.9. The van der Waals surface area contributed by atoms with Gasteiger partial charge in [0.15, 0.2) is 6.23 Å². The number of para-hydroxylation sites is 1. The first-order valence-corrected chi connectivity index (χ1v) is 14.0.